The molecule has 0 atom stereocenters. The standard InChI is InChI=1S/C21H14F2N4O2/c1-12-25-19-16(3-2-10-24-19)21(29)27(12)15-8-9-17(23)18(11-15)26-20(28)13-4-6-14(22)7-5-13/h2-11H,1H3,(H,26,28). The van der Waals surface area contributed by atoms with Gasteiger partial charge < -0.3 is 5.32 Å². The van der Waals surface area contributed by atoms with Gasteiger partial charge >= 0.3 is 0 Å². The molecule has 2 heterocycles. The molecule has 0 aliphatic rings. The summed E-state index contributed by atoms with van der Waals surface area (Å²) >= 11 is 0. The van der Waals surface area contributed by atoms with Crippen LogP contribution in [0.4, 0.5) is 14.5 Å². The number of nitrogens with zero attached hydrogens (tertiary/aromatic N) is 3. The van der Waals surface area contributed by atoms with Gasteiger partial charge in [0.2, 0.25) is 0 Å². The van der Waals surface area contributed by atoms with Crippen molar-refractivity contribution in [2.75, 3.05) is 5.32 Å². The van der Waals surface area contributed by atoms with Crippen molar-refractivity contribution in [2.24, 2.45) is 0 Å². The first-order valence-electron chi connectivity index (χ1n) is 8.65. The van der Waals surface area contributed by atoms with Crippen molar-refractivity contribution < 1.29 is 13.6 Å². The highest BCUT2D eigenvalue weighted by Gasteiger charge is 2.14. The molecule has 2 aromatic carbocycles. The van der Waals surface area contributed by atoms with Crippen LogP contribution in [0.1, 0.15) is 16.2 Å². The van der Waals surface area contributed by atoms with Crippen molar-refractivity contribution in [3.05, 3.63) is 94.2 Å². The average molecular weight is 392 g/mol. The molecule has 6 nitrogen and oxygen atoms in total. The summed E-state index contributed by atoms with van der Waals surface area (Å²) in [4.78, 5) is 33.6. The van der Waals surface area contributed by atoms with Crippen LogP contribution in [0.3, 0.4) is 0 Å². The molecule has 0 saturated carbocycles. The summed E-state index contributed by atoms with van der Waals surface area (Å²) in [7, 11) is 0. The van der Waals surface area contributed by atoms with Crippen molar-refractivity contribution in [3.63, 3.8) is 0 Å². The summed E-state index contributed by atoms with van der Waals surface area (Å²) in [6, 6.07) is 12.0. The van der Waals surface area contributed by atoms with Crippen LogP contribution in [-0.2, 0) is 0 Å². The number of hydrogen-bond acceptors (Lipinski definition) is 4. The van der Waals surface area contributed by atoms with Gasteiger partial charge in [-0.05, 0) is 61.5 Å². The molecule has 0 radical (unpaired) electrons. The van der Waals surface area contributed by atoms with Gasteiger partial charge in [0, 0.05) is 11.8 Å². The second kappa shape index (κ2) is 7.23. The third-order valence-corrected chi connectivity index (χ3v) is 4.37. The van der Waals surface area contributed by atoms with Crippen molar-refractivity contribution in [3.8, 4) is 5.69 Å². The Kier molecular flexibility index (Phi) is 4.59. The first-order chi connectivity index (χ1) is 13.9. The smallest absolute Gasteiger partial charge is 0.267 e. The molecule has 0 bridgehead atoms. The molecule has 4 aromatic rings. The zero-order valence-corrected chi connectivity index (χ0v) is 15.2. The maximum Gasteiger partial charge on any atom is 0.267 e. The van der Waals surface area contributed by atoms with Gasteiger partial charge in [-0.3, -0.25) is 14.2 Å². The molecule has 2 aromatic heterocycles. The second-order valence-corrected chi connectivity index (χ2v) is 6.30. The Morgan fingerprint density at radius 3 is 2.59 bits per heavy atom. The largest absolute Gasteiger partial charge is 0.319 e. The fourth-order valence-corrected chi connectivity index (χ4v) is 2.97. The third-order valence-electron chi connectivity index (χ3n) is 4.37. The minimum atomic E-state index is -0.676. The zero-order valence-electron chi connectivity index (χ0n) is 15.2. The van der Waals surface area contributed by atoms with Gasteiger partial charge in [-0.2, -0.15) is 0 Å². The molecule has 0 aliphatic carbocycles. The molecular weight excluding hydrogens is 378 g/mol. The molecule has 0 saturated heterocycles. The number of hydrogen-bond donors (Lipinski definition) is 1. The van der Waals surface area contributed by atoms with Gasteiger partial charge in [0.15, 0.2) is 5.65 Å². The summed E-state index contributed by atoms with van der Waals surface area (Å²) < 4.78 is 28.6. The number of aryl methyl sites for hydroxylation is 1. The van der Waals surface area contributed by atoms with E-state index in [9.17, 15) is 18.4 Å². The minimum absolute atomic E-state index is 0.116. The summed E-state index contributed by atoms with van der Waals surface area (Å²) in [6.45, 7) is 1.63. The number of benzene rings is 2. The van der Waals surface area contributed by atoms with Gasteiger partial charge in [0.1, 0.15) is 17.5 Å². The zero-order chi connectivity index (χ0) is 20.5. The Bertz CT molecular complexity index is 1300. The van der Waals surface area contributed by atoms with E-state index < -0.39 is 17.5 Å². The number of fused-ring (bicyclic) bond motifs is 1. The van der Waals surface area contributed by atoms with Crippen molar-refractivity contribution in [1.82, 2.24) is 14.5 Å². The number of pyridine rings is 1. The lowest BCUT2D eigenvalue weighted by Gasteiger charge is -2.13. The van der Waals surface area contributed by atoms with Crippen LogP contribution in [0.5, 0.6) is 0 Å². The Morgan fingerprint density at radius 1 is 1.07 bits per heavy atom. The number of amides is 1. The van der Waals surface area contributed by atoms with E-state index in [2.05, 4.69) is 15.3 Å². The van der Waals surface area contributed by atoms with Crippen LogP contribution >= 0.6 is 0 Å². The lowest BCUT2D eigenvalue weighted by molar-refractivity contribution is 0.102. The highest BCUT2D eigenvalue weighted by atomic mass is 19.1. The summed E-state index contributed by atoms with van der Waals surface area (Å²) in [5, 5.41) is 2.77. The fourth-order valence-electron chi connectivity index (χ4n) is 2.97. The first-order valence-corrected chi connectivity index (χ1v) is 8.65. The summed E-state index contributed by atoms with van der Waals surface area (Å²) in [5.41, 5.74) is 0.347. The Hall–Kier alpha value is -3.94. The lowest BCUT2D eigenvalue weighted by atomic mass is 10.2. The fraction of sp³-hybridized carbons (Fsp3) is 0.0476. The van der Waals surface area contributed by atoms with E-state index in [0.29, 0.717) is 22.5 Å². The Morgan fingerprint density at radius 2 is 1.83 bits per heavy atom. The first kappa shape index (κ1) is 18.4. The van der Waals surface area contributed by atoms with Gasteiger partial charge in [-0.1, -0.05) is 0 Å². The van der Waals surface area contributed by atoms with Gasteiger partial charge in [0.05, 0.1) is 16.8 Å². The van der Waals surface area contributed by atoms with E-state index in [1.165, 1.54) is 28.8 Å². The van der Waals surface area contributed by atoms with Crippen molar-refractivity contribution in [1.29, 1.82) is 0 Å². The predicted molar refractivity (Wildman–Crippen MR) is 104 cm³/mol. The molecule has 1 N–H and O–H groups in total. The van der Waals surface area contributed by atoms with Gasteiger partial charge in [0.25, 0.3) is 11.5 Å². The molecule has 144 valence electrons. The molecule has 1 amide bonds. The molecule has 4 rings (SSSR count). The van der Waals surface area contributed by atoms with Crippen LogP contribution < -0.4 is 10.9 Å². The van der Waals surface area contributed by atoms with Crippen LogP contribution in [0, 0.1) is 18.6 Å². The Balaban J connectivity index is 1.76. The van der Waals surface area contributed by atoms with Crippen molar-refractivity contribution in [2.45, 2.75) is 6.92 Å². The number of halogens is 2. The molecular formula is C21H14F2N4O2. The predicted octanol–water partition coefficient (Wildman–Crippen LogP) is 3.62. The highest BCUT2D eigenvalue weighted by molar-refractivity contribution is 6.04. The number of carbonyl (C=O) groups is 1. The van der Waals surface area contributed by atoms with Crippen LogP contribution in [0.2, 0.25) is 0 Å². The van der Waals surface area contributed by atoms with E-state index in [-0.39, 0.29) is 16.8 Å². The summed E-state index contributed by atoms with van der Waals surface area (Å²) in [6.07, 6.45) is 1.54. The molecule has 0 aliphatic heterocycles. The van der Waals surface area contributed by atoms with E-state index >= 15 is 0 Å². The lowest BCUT2D eigenvalue weighted by Crippen LogP contribution is -2.23. The second-order valence-electron chi connectivity index (χ2n) is 6.30. The summed E-state index contributed by atoms with van der Waals surface area (Å²) in [5.74, 6) is -1.40. The van der Waals surface area contributed by atoms with Crippen LogP contribution in [0.15, 0.2) is 65.6 Å². The van der Waals surface area contributed by atoms with E-state index in [0.717, 1.165) is 18.2 Å². The number of anilines is 1. The number of aromatic nitrogens is 3. The van der Waals surface area contributed by atoms with E-state index in [4.69, 9.17) is 0 Å². The molecule has 8 heteroatoms. The van der Waals surface area contributed by atoms with E-state index in [1.807, 2.05) is 0 Å². The van der Waals surface area contributed by atoms with Crippen LogP contribution in [0.25, 0.3) is 16.7 Å². The molecule has 0 fully saturated rings. The quantitative estimate of drug-likeness (QED) is 0.578. The Labute approximate surface area is 163 Å². The molecule has 0 unspecified atom stereocenters. The number of carbonyl (C=O) groups excluding carboxylic acids is 1. The monoisotopic (exact) mass is 392 g/mol. The minimum Gasteiger partial charge on any atom is -0.319 e. The molecule has 0 spiro atoms. The maximum absolute atomic E-state index is 14.3. The van der Waals surface area contributed by atoms with Gasteiger partial charge in [-0.25, -0.2) is 18.7 Å². The van der Waals surface area contributed by atoms with Crippen molar-refractivity contribution >= 4 is 22.6 Å². The normalized spacial score (nSPS) is 10.9. The number of rotatable bonds is 3. The average Bonchev–Trinajstić information content (AvgIpc) is 2.71. The topological polar surface area (TPSA) is 76.9 Å². The number of nitrogens with one attached hydrogen (secondary N) is 1. The third kappa shape index (κ3) is 3.47. The molecule has 29 heavy (non-hydrogen) atoms. The SMILES string of the molecule is Cc1nc2ncccc2c(=O)n1-c1ccc(F)c(NC(=O)c2ccc(F)cc2)c1. The maximum atomic E-state index is 14.3. The van der Waals surface area contributed by atoms with Crippen LogP contribution in [-0.4, -0.2) is 20.4 Å². The highest BCUT2D eigenvalue weighted by Crippen LogP contribution is 2.20. The van der Waals surface area contributed by atoms with Gasteiger partial charge in [-0.15, -0.1) is 0 Å². The van der Waals surface area contributed by atoms with E-state index in [1.54, 1.807) is 25.3 Å².